The molecule has 1 N–H and O–H groups in total. The van der Waals surface area contributed by atoms with Gasteiger partial charge in [-0.25, -0.2) is 0 Å². The van der Waals surface area contributed by atoms with Gasteiger partial charge in [-0.15, -0.1) is 0 Å². The Balaban J connectivity index is 1.79. The molecule has 2 aliphatic carbocycles. The smallest absolute Gasteiger partial charge is 0.0730 e. The van der Waals surface area contributed by atoms with E-state index in [1.54, 1.807) is 0 Å². The molecular formula is C19H37NO. The van der Waals surface area contributed by atoms with Gasteiger partial charge in [0.05, 0.1) is 6.10 Å². The van der Waals surface area contributed by atoms with Gasteiger partial charge < -0.3 is 10.1 Å². The van der Waals surface area contributed by atoms with Crippen LogP contribution in [0.15, 0.2) is 0 Å². The molecule has 124 valence electrons. The van der Waals surface area contributed by atoms with Gasteiger partial charge in [0.2, 0.25) is 0 Å². The topological polar surface area (TPSA) is 21.3 Å². The van der Waals surface area contributed by atoms with Gasteiger partial charge in [0.1, 0.15) is 0 Å². The Morgan fingerprint density at radius 1 is 0.905 bits per heavy atom. The lowest BCUT2D eigenvalue weighted by molar-refractivity contribution is -0.0311. The van der Waals surface area contributed by atoms with Crippen molar-refractivity contribution < 1.29 is 4.74 Å². The normalized spacial score (nSPS) is 31.4. The summed E-state index contributed by atoms with van der Waals surface area (Å²) in [7, 11) is 0. The van der Waals surface area contributed by atoms with Crippen molar-refractivity contribution >= 4 is 0 Å². The zero-order valence-corrected chi connectivity index (χ0v) is 14.4. The van der Waals surface area contributed by atoms with Crippen molar-refractivity contribution in [3.8, 4) is 0 Å². The molecule has 0 aliphatic heterocycles. The zero-order chi connectivity index (χ0) is 14.9. The van der Waals surface area contributed by atoms with E-state index in [1.807, 2.05) is 0 Å². The third-order valence-corrected chi connectivity index (χ3v) is 5.52. The molecule has 0 aromatic rings. The predicted molar refractivity (Wildman–Crippen MR) is 90.6 cm³/mol. The van der Waals surface area contributed by atoms with Crippen molar-refractivity contribution in [1.82, 2.24) is 5.32 Å². The molecule has 0 aromatic carbocycles. The highest BCUT2D eigenvalue weighted by atomic mass is 16.5. The van der Waals surface area contributed by atoms with Gasteiger partial charge in [-0.05, 0) is 56.9 Å². The Bertz CT molecular complexity index is 262. The zero-order valence-electron chi connectivity index (χ0n) is 14.4. The maximum atomic E-state index is 6.45. The highest BCUT2D eigenvalue weighted by Crippen LogP contribution is 2.31. The largest absolute Gasteiger partial charge is 0.376 e. The lowest BCUT2D eigenvalue weighted by atomic mass is 9.81. The highest BCUT2D eigenvalue weighted by Gasteiger charge is 2.31. The van der Waals surface area contributed by atoms with Crippen molar-refractivity contribution in [1.29, 1.82) is 0 Å². The number of nitrogens with one attached hydrogen (secondary N) is 1. The molecule has 0 amide bonds. The summed E-state index contributed by atoms with van der Waals surface area (Å²) < 4.78 is 6.45. The van der Waals surface area contributed by atoms with Gasteiger partial charge in [0.15, 0.2) is 0 Å². The van der Waals surface area contributed by atoms with Crippen LogP contribution in [0.5, 0.6) is 0 Å². The Morgan fingerprint density at radius 2 is 1.71 bits per heavy atom. The van der Waals surface area contributed by atoms with Crippen LogP contribution in [0, 0.1) is 11.8 Å². The van der Waals surface area contributed by atoms with Gasteiger partial charge in [-0.3, -0.25) is 0 Å². The Morgan fingerprint density at radius 3 is 2.43 bits per heavy atom. The fraction of sp³-hybridized carbons (Fsp3) is 1.00. The van der Waals surface area contributed by atoms with Crippen LogP contribution in [-0.4, -0.2) is 25.3 Å². The van der Waals surface area contributed by atoms with Crippen molar-refractivity contribution in [2.24, 2.45) is 11.8 Å². The second kappa shape index (κ2) is 9.84. The first-order valence-electron chi connectivity index (χ1n) is 9.68. The summed E-state index contributed by atoms with van der Waals surface area (Å²) in [5.74, 6) is 1.75. The average Bonchev–Trinajstić information content (AvgIpc) is 2.53. The Hall–Kier alpha value is -0.0800. The lowest BCUT2D eigenvalue weighted by Gasteiger charge is -2.37. The fourth-order valence-corrected chi connectivity index (χ4v) is 4.24. The molecule has 2 rings (SSSR count). The molecule has 2 heteroatoms. The van der Waals surface area contributed by atoms with E-state index in [9.17, 15) is 0 Å². The van der Waals surface area contributed by atoms with Crippen LogP contribution >= 0.6 is 0 Å². The molecular weight excluding hydrogens is 258 g/mol. The van der Waals surface area contributed by atoms with Crippen LogP contribution in [0.4, 0.5) is 0 Å². The van der Waals surface area contributed by atoms with Gasteiger partial charge in [0.25, 0.3) is 0 Å². The van der Waals surface area contributed by atoms with Crippen LogP contribution < -0.4 is 5.32 Å². The summed E-state index contributed by atoms with van der Waals surface area (Å²) in [4.78, 5) is 0. The fourth-order valence-electron chi connectivity index (χ4n) is 4.24. The van der Waals surface area contributed by atoms with E-state index in [0.717, 1.165) is 25.0 Å². The van der Waals surface area contributed by atoms with Crippen LogP contribution in [0.1, 0.15) is 84.5 Å². The van der Waals surface area contributed by atoms with Gasteiger partial charge >= 0.3 is 0 Å². The first kappa shape index (κ1) is 17.3. The third-order valence-electron chi connectivity index (χ3n) is 5.52. The van der Waals surface area contributed by atoms with E-state index < -0.39 is 0 Å². The summed E-state index contributed by atoms with van der Waals surface area (Å²) in [6, 6.07) is 0.613. The first-order chi connectivity index (χ1) is 10.3. The molecule has 0 aromatic heterocycles. The average molecular weight is 296 g/mol. The van der Waals surface area contributed by atoms with Gasteiger partial charge in [0, 0.05) is 12.6 Å². The summed E-state index contributed by atoms with van der Waals surface area (Å²) in [6.45, 7) is 6.74. The van der Waals surface area contributed by atoms with E-state index in [2.05, 4.69) is 19.2 Å². The molecule has 2 nitrogen and oxygen atoms in total. The second-order valence-electron chi connectivity index (χ2n) is 7.40. The quantitative estimate of drug-likeness (QED) is 0.686. The number of rotatable bonds is 8. The number of ether oxygens (including phenoxy) is 1. The summed E-state index contributed by atoms with van der Waals surface area (Å²) in [5.41, 5.74) is 0. The van der Waals surface area contributed by atoms with Crippen molar-refractivity contribution in [2.75, 3.05) is 13.2 Å². The molecule has 21 heavy (non-hydrogen) atoms. The second-order valence-corrected chi connectivity index (χ2v) is 7.40. The highest BCUT2D eigenvalue weighted by molar-refractivity contribution is 4.86. The summed E-state index contributed by atoms with van der Waals surface area (Å²) >= 11 is 0. The minimum absolute atomic E-state index is 0.476. The molecule has 0 bridgehead atoms. The van der Waals surface area contributed by atoms with Crippen LogP contribution in [0.25, 0.3) is 0 Å². The SMILES string of the molecule is CCCNC1CCC(CCC)CC1OCC1CCCCC1. The molecule has 0 radical (unpaired) electrons. The molecule has 2 aliphatic rings. The predicted octanol–water partition coefficient (Wildman–Crippen LogP) is 4.92. The molecule has 2 saturated carbocycles. The van der Waals surface area contributed by atoms with Crippen LogP contribution in [0.2, 0.25) is 0 Å². The van der Waals surface area contributed by atoms with E-state index >= 15 is 0 Å². The van der Waals surface area contributed by atoms with Crippen molar-refractivity contribution in [3.63, 3.8) is 0 Å². The first-order valence-corrected chi connectivity index (χ1v) is 9.68. The standard InChI is InChI=1S/C19H37NO/c1-3-8-16-11-12-18(20-13-4-2)19(14-16)21-15-17-9-6-5-7-10-17/h16-20H,3-15H2,1-2H3. The molecule has 0 heterocycles. The van der Waals surface area contributed by atoms with E-state index in [1.165, 1.54) is 70.6 Å². The molecule has 0 spiro atoms. The monoisotopic (exact) mass is 295 g/mol. The van der Waals surface area contributed by atoms with Crippen LogP contribution in [0.3, 0.4) is 0 Å². The molecule has 3 unspecified atom stereocenters. The van der Waals surface area contributed by atoms with Gasteiger partial charge in [-0.2, -0.15) is 0 Å². The minimum Gasteiger partial charge on any atom is -0.376 e. The van der Waals surface area contributed by atoms with Crippen molar-refractivity contribution in [3.05, 3.63) is 0 Å². The Kier molecular flexibility index (Phi) is 8.10. The molecule has 2 fully saturated rings. The lowest BCUT2D eigenvalue weighted by Crippen LogP contribution is -2.46. The molecule has 0 saturated heterocycles. The minimum atomic E-state index is 0.476. The third kappa shape index (κ3) is 5.90. The summed E-state index contributed by atoms with van der Waals surface area (Å²) in [5, 5.41) is 3.75. The maximum absolute atomic E-state index is 6.45. The molecule has 3 atom stereocenters. The van der Waals surface area contributed by atoms with E-state index in [4.69, 9.17) is 4.74 Å². The number of hydrogen-bond donors (Lipinski definition) is 1. The van der Waals surface area contributed by atoms with E-state index in [0.29, 0.717) is 12.1 Å². The van der Waals surface area contributed by atoms with E-state index in [-0.39, 0.29) is 0 Å². The van der Waals surface area contributed by atoms with Crippen molar-refractivity contribution in [2.45, 2.75) is 96.6 Å². The van der Waals surface area contributed by atoms with Crippen LogP contribution in [-0.2, 0) is 4.74 Å². The summed E-state index contributed by atoms with van der Waals surface area (Å²) in [6.07, 6.45) is 15.5. The maximum Gasteiger partial charge on any atom is 0.0730 e. The Labute approximate surface area is 132 Å². The van der Waals surface area contributed by atoms with Gasteiger partial charge in [-0.1, -0.05) is 46.0 Å². The number of hydrogen-bond acceptors (Lipinski definition) is 2.